The quantitative estimate of drug-likeness (QED) is 0.418. The number of hydrogen-bond donors (Lipinski definition) is 1. The van der Waals surface area contributed by atoms with Gasteiger partial charge in [-0.1, -0.05) is 52.4 Å². The van der Waals surface area contributed by atoms with Gasteiger partial charge in [0.15, 0.2) is 0 Å². The minimum atomic E-state index is -0.542. The zero-order valence-corrected chi connectivity index (χ0v) is 16.1. The van der Waals surface area contributed by atoms with E-state index < -0.39 is 12.3 Å². The molecule has 0 saturated heterocycles. The van der Waals surface area contributed by atoms with Gasteiger partial charge in [-0.05, 0) is 12.8 Å². The summed E-state index contributed by atoms with van der Waals surface area (Å²) in [5.74, 6) is -1.45. The van der Waals surface area contributed by atoms with Gasteiger partial charge in [-0.2, -0.15) is 0 Å². The van der Waals surface area contributed by atoms with E-state index >= 15 is 0 Å². The molecule has 0 radical (unpaired) electrons. The number of hydrogen-bond acceptors (Lipinski definition) is 5. The van der Waals surface area contributed by atoms with Crippen LogP contribution in [-0.2, 0) is 19.2 Å². The fourth-order valence-electron chi connectivity index (χ4n) is 3.41. The summed E-state index contributed by atoms with van der Waals surface area (Å²) in [6, 6.07) is 0. The van der Waals surface area contributed by atoms with E-state index in [2.05, 4.69) is 19.2 Å². The van der Waals surface area contributed by atoms with Crippen molar-refractivity contribution < 1.29 is 19.2 Å². The van der Waals surface area contributed by atoms with Gasteiger partial charge in [-0.3, -0.25) is 34.3 Å². The molecular weight excluding hydrogens is 346 g/mol. The summed E-state index contributed by atoms with van der Waals surface area (Å²) in [5.41, 5.74) is 0. The zero-order valence-electron chi connectivity index (χ0n) is 16.1. The van der Waals surface area contributed by atoms with Crippen molar-refractivity contribution in [3.63, 3.8) is 0 Å². The second-order valence-electron chi connectivity index (χ2n) is 6.95. The second kappa shape index (κ2) is 10.2. The Bertz CT molecular complexity index is 551. The molecule has 2 unspecified atom stereocenters. The molecule has 2 rings (SSSR count). The van der Waals surface area contributed by atoms with Crippen LogP contribution in [0.3, 0.4) is 0 Å². The first-order chi connectivity index (χ1) is 13.0. The molecule has 27 heavy (non-hydrogen) atoms. The molecule has 0 spiro atoms. The number of unbranched alkanes of at least 4 members (excludes halogenated alkanes) is 4. The van der Waals surface area contributed by atoms with Crippen LogP contribution in [0.1, 0.15) is 65.2 Å². The number of nitrogens with zero attached hydrogens (tertiary/aromatic N) is 2. The molecule has 0 saturated carbocycles. The third kappa shape index (κ3) is 5.35. The van der Waals surface area contributed by atoms with Crippen LogP contribution in [0.25, 0.3) is 0 Å². The van der Waals surface area contributed by atoms with E-state index in [9.17, 15) is 19.2 Å². The second-order valence-corrected chi connectivity index (χ2v) is 6.95. The molecule has 7 nitrogen and oxygen atoms in total. The van der Waals surface area contributed by atoms with Gasteiger partial charge in [0, 0.05) is 24.3 Å². The number of nitrogens with one attached hydrogen (secondary N) is 1. The van der Waals surface area contributed by atoms with Gasteiger partial charge in [0.05, 0.1) is 12.3 Å². The van der Waals surface area contributed by atoms with E-state index in [0.717, 1.165) is 38.5 Å². The molecule has 2 heterocycles. The summed E-state index contributed by atoms with van der Waals surface area (Å²) in [5, 5.41) is 3.27. The molecule has 2 aliphatic rings. The highest BCUT2D eigenvalue weighted by atomic mass is 16.2. The number of carbonyl (C=O) groups excluding carboxylic acids is 4. The van der Waals surface area contributed by atoms with Gasteiger partial charge in [0.1, 0.15) is 0 Å². The largest absolute Gasteiger partial charge is 0.276 e. The standard InChI is InChI=1S/C20H29N3O4/c1-3-5-7-9-15(22-17(24)11-12-18(22)25)21-16(10-8-6-4-2)23-19(26)13-14-20(23)27/h11-16,21H,3-10H2,1-2H3. The number of amides is 4. The van der Waals surface area contributed by atoms with Crippen molar-refractivity contribution in [3.8, 4) is 0 Å². The van der Waals surface area contributed by atoms with Crippen molar-refractivity contribution in [2.24, 2.45) is 0 Å². The maximum absolute atomic E-state index is 12.2. The lowest BCUT2D eigenvalue weighted by atomic mass is 10.1. The Labute approximate surface area is 160 Å². The third-order valence-electron chi connectivity index (χ3n) is 4.86. The molecule has 0 aliphatic carbocycles. The van der Waals surface area contributed by atoms with Crippen LogP contribution in [0.5, 0.6) is 0 Å². The Kier molecular flexibility index (Phi) is 7.91. The molecule has 148 valence electrons. The van der Waals surface area contributed by atoms with Gasteiger partial charge >= 0.3 is 0 Å². The van der Waals surface area contributed by atoms with Crippen LogP contribution in [0.15, 0.2) is 24.3 Å². The Balaban J connectivity index is 2.17. The van der Waals surface area contributed by atoms with Crippen LogP contribution >= 0.6 is 0 Å². The Hall–Kier alpha value is -2.28. The predicted molar refractivity (Wildman–Crippen MR) is 101 cm³/mol. The molecular formula is C20H29N3O4. The smallest absolute Gasteiger partial charge is 0.254 e. The molecule has 1 N–H and O–H groups in total. The molecule has 0 aromatic rings. The van der Waals surface area contributed by atoms with Crippen LogP contribution in [0, 0.1) is 0 Å². The maximum Gasteiger partial charge on any atom is 0.254 e. The molecule has 0 aromatic carbocycles. The first-order valence-electron chi connectivity index (χ1n) is 9.86. The summed E-state index contributed by atoms with van der Waals surface area (Å²) in [4.78, 5) is 51.1. The first-order valence-corrected chi connectivity index (χ1v) is 9.86. The van der Waals surface area contributed by atoms with Crippen molar-refractivity contribution >= 4 is 23.6 Å². The topological polar surface area (TPSA) is 86.8 Å². The SMILES string of the molecule is CCCCCC(NC(CCCCC)N1C(=O)C=CC1=O)N1C(=O)C=CC1=O. The van der Waals surface area contributed by atoms with Gasteiger partial charge in [-0.25, -0.2) is 0 Å². The Morgan fingerprint density at radius 1 is 0.667 bits per heavy atom. The van der Waals surface area contributed by atoms with E-state index in [1.165, 1.54) is 34.1 Å². The van der Waals surface area contributed by atoms with E-state index in [1.807, 2.05) is 0 Å². The number of rotatable bonds is 12. The van der Waals surface area contributed by atoms with E-state index in [-0.39, 0.29) is 23.6 Å². The molecule has 0 bridgehead atoms. The summed E-state index contributed by atoms with van der Waals surface area (Å²) < 4.78 is 0. The minimum Gasteiger partial charge on any atom is -0.276 e. The minimum absolute atomic E-state index is 0.362. The van der Waals surface area contributed by atoms with Gasteiger partial charge < -0.3 is 0 Å². The molecule has 0 aromatic heterocycles. The number of imide groups is 2. The summed E-state index contributed by atoms with van der Waals surface area (Å²) in [7, 11) is 0. The maximum atomic E-state index is 12.2. The first kappa shape index (κ1) is 21.0. The summed E-state index contributed by atoms with van der Waals surface area (Å²) in [6.07, 6.45) is 10.8. The van der Waals surface area contributed by atoms with Crippen molar-refractivity contribution in [2.45, 2.75) is 77.5 Å². The highest BCUT2D eigenvalue weighted by Gasteiger charge is 2.36. The normalized spacial score (nSPS) is 18.9. The van der Waals surface area contributed by atoms with E-state index in [1.54, 1.807) is 0 Å². The van der Waals surface area contributed by atoms with Crippen LogP contribution in [0.4, 0.5) is 0 Å². The van der Waals surface area contributed by atoms with Crippen molar-refractivity contribution in [2.75, 3.05) is 0 Å². The van der Waals surface area contributed by atoms with Gasteiger partial charge in [0.2, 0.25) is 0 Å². The lowest BCUT2D eigenvalue weighted by molar-refractivity contribution is -0.143. The predicted octanol–water partition coefficient (Wildman–Crippen LogP) is 2.24. The lowest BCUT2D eigenvalue weighted by Crippen LogP contribution is -2.58. The molecule has 4 amide bonds. The van der Waals surface area contributed by atoms with Crippen LogP contribution in [-0.4, -0.2) is 45.8 Å². The molecule has 0 fully saturated rings. The average molecular weight is 375 g/mol. The van der Waals surface area contributed by atoms with Crippen molar-refractivity contribution in [1.29, 1.82) is 0 Å². The Morgan fingerprint density at radius 3 is 1.30 bits per heavy atom. The fourth-order valence-corrected chi connectivity index (χ4v) is 3.41. The van der Waals surface area contributed by atoms with Crippen LogP contribution in [0.2, 0.25) is 0 Å². The highest BCUT2D eigenvalue weighted by Crippen LogP contribution is 2.19. The summed E-state index contributed by atoms with van der Waals surface area (Å²) in [6.45, 7) is 4.16. The highest BCUT2D eigenvalue weighted by molar-refractivity contribution is 6.14. The molecule has 2 aliphatic heterocycles. The van der Waals surface area contributed by atoms with Crippen molar-refractivity contribution in [1.82, 2.24) is 15.1 Å². The summed E-state index contributed by atoms with van der Waals surface area (Å²) >= 11 is 0. The lowest BCUT2D eigenvalue weighted by Gasteiger charge is -2.35. The zero-order chi connectivity index (χ0) is 19.8. The molecule has 2 atom stereocenters. The number of carbonyl (C=O) groups is 4. The third-order valence-corrected chi connectivity index (χ3v) is 4.86. The molecule has 7 heteroatoms. The average Bonchev–Trinajstić information content (AvgIpc) is 3.15. The fraction of sp³-hybridized carbons (Fsp3) is 0.600. The van der Waals surface area contributed by atoms with Gasteiger partial charge in [-0.15, -0.1) is 0 Å². The van der Waals surface area contributed by atoms with Crippen LogP contribution < -0.4 is 5.32 Å². The van der Waals surface area contributed by atoms with E-state index in [0.29, 0.717) is 12.8 Å². The Morgan fingerprint density at radius 2 is 1.00 bits per heavy atom. The van der Waals surface area contributed by atoms with Crippen molar-refractivity contribution in [3.05, 3.63) is 24.3 Å². The monoisotopic (exact) mass is 375 g/mol. The van der Waals surface area contributed by atoms with E-state index in [4.69, 9.17) is 0 Å². The van der Waals surface area contributed by atoms with Gasteiger partial charge in [0.25, 0.3) is 23.6 Å².